The van der Waals surface area contributed by atoms with Crippen LogP contribution in [0.5, 0.6) is 0 Å². The van der Waals surface area contributed by atoms with E-state index < -0.39 is 11.6 Å². The van der Waals surface area contributed by atoms with Crippen molar-refractivity contribution < 1.29 is 14.4 Å². The van der Waals surface area contributed by atoms with Gasteiger partial charge < -0.3 is 9.88 Å². The van der Waals surface area contributed by atoms with Crippen molar-refractivity contribution in [3.8, 4) is 0 Å². The number of urea groups is 1. The van der Waals surface area contributed by atoms with Crippen molar-refractivity contribution in [3.05, 3.63) is 24.3 Å². The molecule has 1 aromatic carbocycles. The Balaban J connectivity index is 1.34. The molecule has 1 spiro atoms. The molecule has 0 unspecified atom stereocenters. The summed E-state index contributed by atoms with van der Waals surface area (Å²) in [5.74, 6) is 0.105. The van der Waals surface area contributed by atoms with Crippen LogP contribution in [-0.4, -0.2) is 32.9 Å². The van der Waals surface area contributed by atoms with Crippen LogP contribution >= 0.6 is 0 Å². The molecule has 2 heterocycles. The van der Waals surface area contributed by atoms with Crippen LogP contribution in [0.1, 0.15) is 63.8 Å². The molecule has 4 amide bonds. The largest absolute Gasteiger partial charge is 0.323 e. The van der Waals surface area contributed by atoms with Gasteiger partial charge in [0.05, 0.1) is 11.0 Å². The average Bonchev–Trinajstić information content (AvgIpc) is 3.25. The van der Waals surface area contributed by atoms with E-state index >= 15 is 0 Å². The summed E-state index contributed by atoms with van der Waals surface area (Å²) in [5.41, 5.74) is 1.11. The lowest BCUT2D eigenvalue weighted by Gasteiger charge is -2.34. The zero-order chi connectivity index (χ0) is 20.7. The second kappa shape index (κ2) is 7.41. The molecule has 8 heteroatoms. The van der Waals surface area contributed by atoms with Crippen LogP contribution < -0.4 is 16.0 Å². The minimum atomic E-state index is -0.844. The molecule has 30 heavy (non-hydrogen) atoms. The first-order chi connectivity index (χ1) is 14.6. The number of fused-ring (bicyclic) bond motifs is 1. The van der Waals surface area contributed by atoms with Gasteiger partial charge in [-0.15, -0.1) is 0 Å². The van der Waals surface area contributed by atoms with Gasteiger partial charge in [-0.05, 0) is 50.7 Å². The van der Waals surface area contributed by atoms with Gasteiger partial charge in [0.2, 0.25) is 11.9 Å². The molecule has 8 nitrogen and oxygen atoms in total. The van der Waals surface area contributed by atoms with Crippen molar-refractivity contribution >= 4 is 34.8 Å². The number of carbonyl (C=O) groups is 3. The molecule has 3 aliphatic rings. The molecule has 2 aromatic rings. The fraction of sp³-hybridized carbons (Fsp3) is 0.545. The zero-order valence-corrected chi connectivity index (χ0v) is 16.9. The summed E-state index contributed by atoms with van der Waals surface area (Å²) in [4.78, 5) is 41.5. The van der Waals surface area contributed by atoms with E-state index in [9.17, 15) is 14.4 Å². The average molecular weight is 409 g/mol. The Morgan fingerprint density at radius 1 is 1.07 bits per heavy atom. The lowest BCUT2D eigenvalue weighted by atomic mass is 9.76. The molecular formula is C22H27N5O3. The predicted molar refractivity (Wildman–Crippen MR) is 112 cm³/mol. The molecule has 2 saturated carbocycles. The zero-order valence-electron chi connectivity index (χ0n) is 16.9. The van der Waals surface area contributed by atoms with E-state index in [1.807, 2.05) is 18.2 Å². The number of hydrogen-bond donors (Lipinski definition) is 3. The first-order valence-electron chi connectivity index (χ1n) is 11.0. The molecule has 1 aromatic heterocycles. The van der Waals surface area contributed by atoms with Gasteiger partial charge in [0, 0.05) is 12.0 Å². The molecule has 158 valence electrons. The second-order valence-corrected chi connectivity index (χ2v) is 8.84. The van der Waals surface area contributed by atoms with Gasteiger partial charge in [0.1, 0.15) is 5.54 Å². The van der Waals surface area contributed by atoms with E-state index in [0.717, 1.165) is 23.9 Å². The van der Waals surface area contributed by atoms with Crippen molar-refractivity contribution in [2.45, 2.75) is 69.4 Å². The van der Waals surface area contributed by atoms with Crippen molar-refractivity contribution in [2.24, 2.45) is 5.92 Å². The maximum atomic E-state index is 13.1. The van der Waals surface area contributed by atoms with Crippen molar-refractivity contribution in [1.82, 2.24) is 20.2 Å². The lowest BCUT2D eigenvalue weighted by Crippen LogP contribution is -2.50. The number of para-hydroxylation sites is 2. The number of aromatic nitrogens is 2. The maximum Gasteiger partial charge on any atom is 0.322 e. The van der Waals surface area contributed by atoms with Gasteiger partial charge in [-0.2, -0.15) is 0 Å². The van der Waals surface area contributed by atoms with Crippen LogP contribution in [0.4, 0.5) is 10.7 Å². The van der Waals surface area contributed by atoms with Crippen molar-refractivity contribution in [1.29, 1.82) is 0 Å². The molecule has 0 bridgehead atoms. The number of rotatable bonds is 3. The van der Waals surface area contributed by atoms with Crippen LogP contribution in [0.25, 0.3) is 11.0 Å². The number of carbonyl (C=O) groups excluding carboxylic acids is 3. The summed E-state index contributed by atoms with van der Waals surface area (Å²) >= 11 is 0. The lowest BCUT2D eigenvalue weighted by molar-refractivity contribution is -0.128. The number of imidazole rings is 1. The third-order valence-corrected chi connectivity index (χ3v) is 7.00. The summed E-state index contributed by atoms with van der Waals surface area (Å²) in [7, 11) is 0. The van der Waals surface area contributed by atoms with Crippen LogP contribution in [0.2, 0.25) is 0 Å². The molecule has 1 aliphatic heterocycles. The van der Waals surface area contributed by atoms with Crippen molar-refractivity contribution in [3.63, 3.8) is 0 Å². The van der Waals surface area contributed by atoms with E-state index in [-0.39, 0.29) is 17.7 Å². The number of anilines is 1. The highest BCUT2D eigenvalue weighted by molar-refractivity contribution is 6.07. The summed E-state index contributed by atoms with van der Waals surface area (Å²) in [5, 5.41) is 8.16. The quantitative estimate of drug-likeness (QED) is 0.677. The fourth-order valence-electron chi connectivity index (χ4n) is 5.31. The molecular weight excluding hydrogens is 382 g/mol. The number of benzene rings is 1. The Morgan fingerprint density at radius 3 is 2.50 bits per heavy atom. The van der Waals surface area contributed by atoms with E-state index in [2.05, 4.69) is 26.6 Å². The Hall–Kier alpha value is -2.90. The Bertz CT molecular complexity index is 999. The van der Waals surface area contributed by atoms with Gasteiger partial charge in [-0.25, -0.2) is 9.78 Å². The van der Waals surface area contributed by atoms with E-state index in [0.29, 0.717) is 37.7 Å². The standard InChI is InChI=1S/C22H27N5O3/c28-18(14-10-12-22(13-11-14)19(29)25-21(30)26-22)24-20-23-16-8-4-5-9-17(16)27(20)15-6-2-1-3-7-15/h4-5,8-9,14-15H,1-3,6-7,10-13H2,(H,23,24,28)(H2,25,26,29,30). The van der Waals surface area contributed by atoms with E-state index in [1.165, 1.54) is 19.3 Å². The van der Waals surface area contributed by atoms with Crippen LogP contribution in [0.3, 0.4) is 0 Å². The van der Waals surface area contributed by atoms with Crippen LogP contribution in [0, 0.1) is 5.92 Å². The highest BCUT2D eigenvalue weighted by Gasteiger charge is 2.49. The van der Waals surface area contributed by atoms with Gasteiger partial charge in [-0.3, -0.25) is 20.2 Å². The monoisotopic (exact) mass is 409 g/mol. The summed E-state index contributed by atoms with van der Waals surface area (Å²) in [6, 6.07) is 7.94. The molecule has 1 saturated heterocycles. The minimum absolute atomic E-state index is 0.0538. The fourth-order valence-corrected chi connectivity index (χ4v) is 5.31. The SMILES string of the molecule is O=C1NC(=O)C2(CCC(C(=O)Nc3nc4ccccc4n3C3CCCCC3)CC2)N1. The molecule has 5 rings (SSSR count). The number of nitrogens with zero attached hydrogens (tertiary/aromatic N) is 2. The number of hydrogen-bond acceptors (Lipinski definition) is 4. The Kier molecular flexibility index (Phi) is 4.72. The molecule has 3 N–H and O–H groups in total. The topological polar surface area (TPSA) is 105 Å². The summed E-state index contributed by atoms with van der Waals surface area (Å²) in [6.07, 6.45) is 7.93. The first-order valence-corrected chi connectivity index (χ1v) is 11.0. The Labute approximate surface area is 174 Å². The van der Waals surface area contributed by atoms with Gasteiger partial charge in [0.25, 0.3) is 5.91 Å². The molecule has 2 aliphatic carbocycles. The predicted octanol–water partition coefficient (Wildman–Crippen LogP) is 3.25. The van der Waals surface area contributed by atoms with Crippen LogP contribution in [0.15, 0.2) is 24.3 Å². The Morgan fingerprint density at radius 2 is 1.80 bits per heavy atom. The molecule has 0 radical (unpaired) electrons. The second-order valence-electron chi connectivity index (χ2n) is 8.84. The molecule has 0 atom stereocenters. The van der Waals surface area contributed by atoms with Crippen LogP contribution in [-0.2, 0) is 9.59 Å². The number of nitrogens with one attached hydrogen (secondary N) is 3. The highest BCUT2D eigenvalue weighted by atomic mass is 16.2. The number of imide groups is 1. The van der Waals surface area contributed by atoms with E-state index in [1.54, 1.807) is 0 Å². The maximum absolute atomic E-state index is 13.1. The first kappa shape index (κ1) is 19.1. The third-order valence-electron chi connectivity index (χ3n) is 7.00. The highest BCUT2D eigenvalue weighted by Crippen LogP contribution is 2.37. The number of amides is 4. The van der Waals surface area contributed by atoms with Gasteiger partial charge >= 0.3 is 6.03 Å². The normalized spacial score (nSPS) is 27.3. The minimum Gasteiger partial charge on any atom is -0.323 e. The summed E-state index contributed by atoms with van der Waals surface area (Å²) < 4.78 is 2.21. The smallest absolute Gasteiger partial charge is 0.322 e. The van der Waals surface area contributed by atoms with Crippen molar-refractivity contribution in [2.75, 3.05) is 5.32 Å². The molecule has 3 fully saturated rings. The van der Waals surface area contributed by atoms with Gasteiger partial charge in [-0.1, -0.05) is 31.4 Å². The van der Waals surface area contributed by atoms with E-state index in [4.69, 9.17) is 4.98 Å². The van der Waals surface area contributed by atoms with Gasteiger partial charge in [0.15, 0.2) is 0 Å². The summed E-state index contributed by atoms with van der Waals surface area (Å²) in [6.45, 7) is 0. The third kappa shape index (κ3) is 3.24.